The van der Waals surface area contributed by atoms with Gasteiger partial charge in [-0.3, -0.25) is 0 Å². The molecule has 7 heteroatoms. The lowest BCUT2D eigenvalue weighted by molar-refractivity contribution is 0.204. The lowest BCUT2D eigenvalue weighted by Gasteiger charge is -2.10. The van der Waals surface area contributed by atoms with E-state index in [1.54, 1.807) is 0 Å². The van der Waals surface area contributed by atoms with E-state index in [0.717, 1.165) is 0 Å². The Morgan fingerprint density at radius 1 is 1.42 bits per heavy atom. The Morgan fingerprint density at radius 3 is 2.50 bits per heavy atom. The van der Waals surface area contributed by atoms with Gasteiger partial charge < -0.3 is 15.5 Å². The van der Waals surface area contributed by atoms with E-state index >= 15 is 0 Å². The highest BCUT2D eigenvalue weighted by atomic mass is 79.9. The highest BCUT2D eigenvalue weighted by molar-refractivity contribution is 9.11. The van der Waals surface area contributed by atoms with Crippen molar-refractivity contribution >= 4 is 32.4 Å². The summed E-state index contributed by atoms with van der Waals surface area (Å²) in [5.41, 5.74) is 0. The topological polar surface area (TPSA) is 78.3 Å². The van der Waals surface area contributed by atoms with Crippen LogP contribution in [-0.4, -0.2) is 39.7 Å². The molecule has 0 saturated heterocycles. The van der Waals surface area contributed by atoms with Crippen LogP contribution in [-0.2, 0) is 0 Å². The maximum absolute atomic E-state index is 8.72. The van der Waals surface area contributed by atoms with Crippen LogP contribution in [0.25, 0.3) is 0 Å². The van der Waals surface area contributed by atoms with Crippen molar-refractivity contribution < 1.29 is 10.2 Å². The number of anilines is 1. The van der Waals surface area contributed by atoms with Gasteiger partial charge in [-0.1, -0.05) is 11.3 Å². The first-order valence-electron chi connectivity index (χ1n) is 3.23. The van der Waals surface area contributed by atoms with Crippen molar-refractivity contribution in [2.24, 2.45) is 0 Å². The molecule has 0 bridgehead atoms. The summed E-state index contributed by atoms with van der Waals surface area (Å²) in [5.74, 6) is 0. The fourth-order valence-electron chi connectivity index (χ4n) is 0.587. The quantitative estimate of drug-likeness (QED) is 0.708. The standard InChI is InChI=1S/C5H8BrN3O2S/c6-4-8-9-5(12-4)7-3(1-10)2-11/h3,10-11H,1-2H2,(H,7,9). The summed E-state index contributed by atoms with van der Waals surface area (Å²) in [6, 6.07) is -0.371. The van der Waals surface area contributed by atoms with Crippen molar-refractivity contribution in [2.45, 2.75) is 6.04 Å². The van der Waals surface area contributed by atoms with Gasteiger partial charge in [0.1, 0.15) is 0 Å². The highest BCUT2D eigenvalue weighted by Crippen LogP contribution is 2.20. The van der Waals surface area contributed by atoms with Crippen molar-refractivity contribution in [3.05, 3.63) is 3.92 Å². The fourth-order valence-corrected chi connectivity index (χ4v) is 1.68. The summed E-state index contributed by atoms with van der Waals surface area (Å²) in [7, 11) is 0. The summed E-state index contributed by atoms with van der Waals surface area (Å²) >= 11 is 4.45. The van der Waals surface area contributed by atoms with E-state index in [1.165, 1.54) is 11.3 Å². The van der Waals surface area contributed by atoms with Gasteiger partial charge >= 0.3 is 0 Å². The van der Waals surface area contributed by atoms with Crippen molar-refractivity contribution in [2.75, 3.05) is 18.5 Å². The molecule has 1 aromatic heterocycles. The summed E-state index contributed by atoms with van der Waals surface area (Å²) in [4.78, 5) is 0. The zero-order valence-electron chi connectivity index (χ0n) is 6.07. The van der Waals surface area contributed by atoms with Crippen molar-refractivity contribution in [3.63, 3.8) is 0 Å². The Labute approximate surface area is 81.6 Å². The Kier molecular flexibility index (Phi) is 3.86. The van der Waals surface area contributed by atoms with Gasteiger partial charge in [-0.25, -0.2) is 0 Å². The zero-order chi connectivity index (χ0) is 8.97. The molecular formula is C5H8BrN3O2S. The molecule has 0 aliphatic heterocycles. The Hall–Kier alpha value is -0.240. The van der Waals surface area contributed by atoms with Crippen LogP contribution in [0.1, 0.15) is 0 Å². The van der Waals surface area contributed by atoms with Crippen LogP contribution in [0.3, 0.4) is 0 Å². The molecule has 0 unspecified atom stereocenters. The zero-order valence-corrected chi connectivity index (χ0v) is 8.47. The molecule has 1 heterocycles. The smallest absolute Gasteiger partial charge is 0.206 e. The molecule has 3 N–H and O–H groups in total. The second-order valence-electron chi connectivity index (χ2n) is 2.07. The molecule has 0 fully saturated rings. The second kappa shape index (κ2) is 4.70. The Morgan fingerprint density at radius 2 is 2.08 bits per heavy atom. The van der Waals surface area contributed by atoms with E-state index in [2.05, 4.69) is 31.4 Å². The first-order valence-corrected chi connectivity index (χ1v) is 4.84. The molecule has 0 aliphatic carbocycles. The highest BCUT2D eigenvalue weighted by Gasteiger charge is 2.08. The van der Waals surface area contributed by atoms with Crippen LogP contribution in [0.15, 0.2) is 3.92 Å². The predicted molar refractivity (Wildman–Crippen MR) is 49.2 cm³/mol. The number of aliphatic hydroxyl groups is 2. The second-order valence-corrected chi connectivity index (χ2v) is 4.32. The molecule has 0 saturated carbocycles. The molecule has 68 valence electrons. The number of aliphatic hydroxyl groups excluding tert-OH is 2. The first kappa shape index (κ1) is 9.85. The predicted octanol–water partition coefficient (Wildman–Crippen LogP) is 0.0657. The minimum Gasteiger partial charge on any atom is -0.394 e. The SMILES string of the molecule is OCC(CO)Nc1nnc(Br)s1. The Bertz CT molecular complexity index is 240. The van der Waals surface area contributed by atoms with Crippen molar-refractivity contribution in [3.8, 4) is 0 Å². The maximum atomic E-state index is 8.72. The summed E-state index contributed by atoms with van der Waals surface area (Å²) in [6.45, 7) is -0.263. The molecule has 1 aromatic rings. The number of aromatic nitrogens is 2. The molecule has 5 nitrogen and oxygen atoms in total. The van der Waals surface area contributed by atoms with Crippen LogP contribution >= 0.6 is 27.3 Å². The first-order chi connectivity index (χ1) is 5.76. The van der Waals surface area contributed by atoms with Crippen molar-refractivity contribution in [1.29, 1.82) is 0 Å². The molecule has 12 heavy (non-hydrogen) atoms. The van der Waals surface area contributed by atoms with Crippen LogP contribution < -0.4 is 5.32 Å². The van der Waals surface area contributed by atoms with Crippen LogP contribution in [0.5, 0.6) is 0 Å². The van der Waals surface area contributed by atoms with Gasteiger partial charge in [-0.15, -0.1) is 10.2 Å². The van der Waals surface area contributed by atoms with E-state index in [9.17, 15) is 0 Å². The van der Waals surface area contributed by atoms with E-state index in [4.69, 9.17) is 10.2 Å². The molecule has 0 amide bonds. The molecule has 0 aliphatic rings. The van der Waals surface area contributed by atoms with Gasteiger partial charge in [-0.05, 0) is 15.9 Å². The van der Waals surface area contributed by atoms with Gasteiger partial charge in [0.15, 0.2) is 3.92 Å². The van der Waals surface area contributed by atoms with Gasteiger partial charge in [0.25, 0.3) is 0 Å². The lowest BCUT2D eigenvalue weighted by Crippen LogP contribution is -2.27. The summed E-state index contributed by atoms with van der Waals surface area (Å²) < 4.78 is 0.666. The number of hydrogen-bond donors (Lipinski definition) is 3. The van der Waals surface area contributed by atoms with E-state index in [1.807, 2.05) is 0 Å². The van der Waals surface area contributed by atoms with Crippen LogP contribution in [0.2, 0.25) is 0 Å². The Balaban J connectivity index is 2.50. The number of halogens is 1. The normalized spacial score (nSPS) is 10.7. The third-order valence-electron chi connectivity index (χ3n) is 1.17. The van der Waals surface area contributed by atoms with Gasteiger partial charge in [0.2, 0.25) is 5.13 Å². The number of nitrogens with one attached hydrogen (secondary N) is 1. The fraction of sp³-hybridized carbons (Fsp3) is 0.600. The monoisotopic (exact) mass is 253 g/mol. The van der Waals surface area contributed by atoms with Crippen LogP contribution in [0.4, 0.5) is 5.13 Å². The minimum absolute atomic E-state index is 0.131. The lowest BCUT2D eigenvalue weighted by atomic mass is 10.3. The average Bonchev–Trinajstić information content (AvgIpc) is 2.47. The molecule has 0 atom stereocenters. The largest absolute Gasteiger partial charge is 0.394 e. The van der Waals surface area contributed by atoms with Gasteiger partial charge in [0, 0.05) is 0 Å². The summed E-state index contributed by atoms with van der Waals surface area (Å²) in [5, 5.41) is 28.3. The molecule has 1 rings (SSSR count). The third kappa shape index (κ3) is 2.67. The van der Waals surface area contributed by atoms with Crippen molar-refractivity contribution in [1.82, 2.24) is 10.2 Å². The molecule has 0 radical (unpaired) electrons. The third-order valence-corrected chi connectivity index (χ3v) is 2.46. The number of hydrogen-bond acceptors (Lipinski definition) is 6. The molecular weight excluding hydrogens is 246 g/mol. The average molecular weight is 254 g/mol. The number of rotatable bonds is 4. The van der Waals surface area contributed by atoms with Gasteiger partial charge in [0.05, 0.1) is 19.3 Å². The van der Waals surface area contributed by atoms with E-state index < -0.39 is 0 Å². The molecule has 0 spiro atoms. The minimum atomic E-state index is -0.371. The van der Waals surface area contributed by atoms with Crippen LogP contribution in [0, 0.1) is 0 Å². The summed E-state index contributed by atoms with van der Waals surface area (Å²) in [6.07, 6.45) is 0. The van der Waals surface area contributed by atoms with Gasteiger partial charge in [-0.2, -0.15) is 0 Å². The van der Waals surface area contributed by atoms with E-state index in [-0.39, 0.29) is 19.3 Å². The maximum Gasteiger partial charge on any atom is 0.206 e. The number of nitrogens with zero attached hydrogens (tertiary/aromatic N) is 2. The molecule has 0 aromatic carbocycles. The van der Waals surface area contributed by atoms with E-state index in [0.29, 0.717) is 9.05 Å².